The van der Waals surface area contributed by atoms with Crippen molar-refractivity contribution in [3.63, 3.8) is 0 Å². The number of nitrogens with one attached hydrogen (secondary N) is 1. The van der Waals surface area contributed by atoms with Gasteiger partial charge in [0.1, 0.15) is 6.04 Å². The van der Waals surface area contributed by atoms with E-state index in [4.69, 9.17) is 0 Å². The lowest BCUT2D eigenvalue weighted by Crippen LogP contribution is -2.52. The molecule has 166 valence electrons. The molecule has 2 aromatic carbocycles. The molecule has 2 atom stereocenters. The van der Waals surface area contributed by atoms with Gasteiger partial charge in [-0.2, -0.15) is 4.31 Å². The third-order valence-corrected chi connectivity index (χ3v) is 7.81. The van der Waals surface area contributed by atoms with Crippen LogP contribution in [0.15, 0.2) is 47.4 Å². The number of sulfonamides is 1. The van der Waals surface area contributed by atoms with Crippen LogP contribution < -0.4 is 5.32 Å². The van der Waals surface area contributed by atoms with Crippen molar-refractivity contribution in [2.75, 3.05) is 6.54 Å². The second kappa shape index (κ2) is 9.32. The summed E-state index contributed by atoms with van der Waals surface area (Å²) in [7, 11) is -3.85. The molecular formula is C24H30N2O4S. The first kappa shape index (κ1) is 23.2. The van der Waals surface area contributed by atoms with Gasteiger partial charge in [0.2, 0.25) is 15.9 Å². The van der Waals surface area contributed by atoms with Gasteiger partial charge in [-0.1, -0.05) is 42.3 Å². The van der Waals surface area contributed by atoms with Gasteiger partial charge in [-0.3, -0.25) is 9.59 Å². The quantitative estimate of drug-likeness (QED) is 0.687. The molecule has 1 N–H and O–H groups in total. The lowest BCUT2D eigenvalue weighted by Gasteiger charge is -2.34. The highest BCUT2D eigenvalue weighted by molar-refractivity contribution is 7.89. The number of aryl methyl sites for hydroxylation is 2. The fourth-order valence-electron chi connectivity index (χ4n) is 4.07. The highest BCUT2D eigenvalue weighted by atomic mass is 32.2. The minimum Gasteiger partial charge on any atom is -0.348 e. The minimum absolute atomic E-state index is 0.0970. The highest BCUT2D eigenvalue weighted by Crippen LogP contribution is 2.27. The van der Waals surface area contributed by atoms with Crippen molar-refractivity contribution in [2.24, 2.45) is 0 Å². The van der Waals surface area contributed by atoms with Crippen LogP contribution in [-0.4, -0.2) is 37.0 Å². The van der Waals surface area contributed by atoms with Crippen LogP contribution >= 0.6 is 0 Å². The van der Waals surface area contributed by atoms with Crippen molar-refractivity contribution < 1.29 is 18.0 Å². The molecule has 1 fully saturated rings. The maximum atomic E-state index is 13.3. The number of Topliss-reactive ketones (excluding diaryl/α,β-unsaturated/α-hetero) is 1. The van der Waals surface area contributed by atoms with E-state index >= 15 is 0 Å². The van der Waals surface area contributed by atoms with Gasteiger partial charge >= 0.3 is 0 Å². The molecule has 0 aromatic heterocycles. The molecule has 31 heavy (non-hydrogen) atoms. The van der Waals surface area contributed by atoms with Crippen LogP contribution in [0.25, 0.3) is 0 Å². The Morgan fingerprint density at radius 3 is 2.39 bits per heavy atom. The van der Waals surface area contributed by atoms with E-state index < -0.39 is 16.1 Å². The Morgan fingerprint density at radius 2 is 1.74 bits per heavy atom. The average Bonchev–Trinajstić information content (AvgIpc) is 2.75. The van der Waals surface area contributed by atoms with E-state index in [2.05, 4.69) is 5.32 Å². The molecule has 1 amide bonds. The zero-order valence-corrected chi connectivity index (χ0v) is 19.3. The summed E-state index contributed by atoms with van der Waals surface area (Å²) < 4.78 is 27.9. The standard InChI is InChI=1S/C24H30N2O4S/c1-16-8-9-17(2)22(15-16)18(3)25-24(28)23-7-5-6-14-26(23)31(29,30)21-12-10-20(11-13-21)19(4)27/h8-13,15,18,23H,5-7,14H2,1-4H3,(H,25,28). The summed E-state index contributed by atoms with van der Waals surface area (Å²) in [5.41, 5.74) is 3.67. The highest BCUT2D eigenvalue weighted by Gasteiger charge is 2.38. The molecule has 6 nitrogen and oxygen atoms in total. The van der Waals surface area contributed by atoms with E-state index in [9.17, 15) is 18.0 Å². The Morgan fingerprint density at radius 1 is 1.06 bits per heavy atom. The smallest absolute Gasteiger partial charge is 0.243 e. The Balaban J connectivity index is 1.83. The third-order valence-electron chi connectivity index (χ3n) is 5.88. The van der Waals surface area contributed by atoms with Crippen molar-refractivity contribution in [3.05, 3.63) is 64.7 Å². The van der Waals surface area contributed by atoms with Gasteiger partial charge in [-0.25, -0.2) is 8.42 Å². The summed E-state index contributed by atoms with van der Waals surface area (Å²) in [5, 5.41) is 3.02. The van der Waals surface area contributed by atoms with Gasteiger partial charge < -0.3 is 5.32 Å². The van der Waals surface area contributed by atoms with Gasteiger partial charge in [0, 0.05) is 12.1 Å². The molecule has 3 rings (SSSR count). The molecule has 1 heterocycles. The molecule has 0 radical (unpaired) electrons. The number of amides is 1. The number of carbonyl (C=O) groups is 2. The first-order valence-corrected chi connectivity index (χ1v) is 12.1. The fourth-order valence-corrected chi connectivity index (χ4v) is 5.72. The zero-order chi connectivity index (χ0) is 22.8. The number of piperidine rings is 1. The Hall–Kier alpha value is -2.51. The zero-order valence-electron chi connectivity index (χ0n) is 18.5. The molecule has 0 saturated carbocycles. The second-order valence-corrected chi connectivity index (χ2v) is 10.2. The Bertz CT molecular complexity index is 1080. The van der Waals surface area contributed by atoms with Crippen molar-refractivity contribution >= 4 is 21.7 Å². The molecule has 1 aliphatic rings. The van der Waals surface area contributed by atoms with Crippen LogP contribution in [0.4, 0.5) is 0 Å². The SMILES string of the molecule is CC(=O)c1ccc(S(=O)(=O)N2CCCCC2C(=O)NC(C)c2cc(C)ccc2C)cc1. The van der Waals surface area contributed by atoms with Gasteiger partial charge in [0.25, 0.3) is 0 Å². The molecular weight excluding hydrogens is 412 g/mol. The third kappa shape index (κ3) is 5.05. The first-order chi connectivity index (χ1) is 14.6. The van der Waals surface area contributed by atoms with Crippen LogP contribution in [-0.2, 0) is 14.8 Å². The van der Waals surface area contributed by atoms with E-state index in [-0.39, 0.29) is 22.6 Å². The number of nitrogens with zero attached hydrogens (tertiary/aromatic N) is 1. The van der Waals surface area contributed by atoms with E-state index in [1.807, 2.05) is 39.0 Å². The van der Waals surface area contributed by atoms with Crippen LogP contribution in [0.3, 0.4) is 0 Å². The predicted octanol–water partition coefficient (Wildman–Crippen LogP) is 3.93. The van der Waals surface area contributed by atoms with Gasteiger partial charge in [-0.15, -0.1) is 0 Å². The summed E-state index contributed by atoms with van der Waals surface area (Å²) in [4.78, 5) is 24.7. The predicted molar refractivity (Wildman–Crippen MR) is 120 cm³/mol. The summed E-state index contributed by atoms with van der Waals surface area (Å²) in [6.07, 6.45) is 1.99. The molecule has 0 bridgehead atoms. The van der Waals surface area contributed by atoms with Crippen LogP contribution in [0.1, 0.15) is 66.2 Å². The monoisotopic (exact) mass is 442 g/mol. The summed E-state index contributed by atoms with van der Waals surface area (Å²) in [6, 6.07) is 11.0. The minimum atomic E-state index is -3.85. The van der Waals surface area contributed by atoms with E-state index in [1.54, 1.807) is 0 Å². The van der Waals surface area contributed by atoms with Crippen molar-refractivity contribution in [3.8, 4) is 0 Å². The van der Waals surface area contributed by atoms with Gasteiger partial charge in [-0.05, 0) is 63.8 Å². The second-order valence-electron chi connectivity index (χ2n) is 8.30. The van der Waals surface area contributed by atoms with E-state index in [0.29, 0.717) is 24.9 Å². The van der Waals surface area contributed by atoms with Gasteiger partial charge in [0.15, 0.2) is 5.78 Å². The normalized spacial score (nSPS) is 18.4. The summed E-state index contributed by atoms with van der Waals surface area (Å²) in [6.45, 7) is 7.66. The Kier molecular flexibility index (Phi) is 6.96. The maximum absolute atomic E-state index is 13.3. The number of carbonyl (C=O) groups excluding carboxylic acids is 2. The summed E-state index contributed by atoms with van der Waals surface area (Å²) in [5.74, 6) is -0.406. The Labute approximate surface area is 184 Å². The molecule has 1 saturated heterocycles. The lowest BCUT2D eigenvalue weighted by molar-refractivity contribution is -0.126. The van der Waals surface area contributed by atoms with Crippen molar-refractivity contribution in [1.82, 2.24) is 9.62 Å². The fraction of sp³-hybridized carbons (Fsp3) is 0.417. The molecule has 7 heteroatoms. The number of benzene rings is 2. The molecule has 0 aliphatic carbocycles. The summed E-state index contributed by atoms with van der Waals surface area (Å²) >= 11 is 0. The van der Waals surface area contributed by atoms with Crippen molar-refractivity contribution in [1.29, 1.82) is 0 Å². The number of hydrogen-bond donors (Lipinski definition) is 1. The van der Waals surface area contributed by atoms with E-state index in [0.717, 1.165) is 23.1 Å². The molecule has 2 unspecified atom stereocenters. The van der Waals surface area contributed by atoms with Gasteiger partial charge in [0.05, 0.1) is 10.9 Å². The molecule has 2 aromatic rings. The largest absolute Gasteiger partial charge is 0.348 e. The van der Waals surface area contributed by atoms with Crippen LogP contribution in [0.2, 0.25) is 0 Å². The average molecular weight is 443 g/mol. The topological polar surface area (TPSA) is 83.6 Å². The number of rotatable bonds is 6. The first-order valence-electron chi connectivity index (χ1n) is 10.6. The molecule has 0 spiro atoms. The van der Waals surface area contributed by atoms with Crippen LogP contribution in [0, 0.1) is 13.8 Å². The van der Waals surface area contributed by atoms with E-state index in [1.165, 1.54) is 35.5 Å². The van der Waals surface area contributed by atoms with Crippen LogP contribution in [0.5, 0.6) is 0 Å². The number of ketones is 1. The van der Waals surface area contributed by atoms with Crippen molar-refractivity contribution in [2.45, 2.75) is 63.9 Å². The maximum Gasteiger partial charge on any atom is 0.243 e. The molecule has 1 aliphatic heterocycles. The number of hydrogen-bond acceptors (Lipinski definition) is 4. The lowest BCUT2D eigenvalue weighted by atomic mass is 9.99.